The first-order chi connectivity index (χ1) is 14.3. The van der Waals surface area contributed by atoms with Gasteiger partial charge < -0.3 is 19.9 Å². The van der Waals surface area contributed by atoms with Crippen molar-refractivity contribution in [1.29, 1.82) is 0 Å². The first-order valence-corrected chi connectivity index (χ1v) is 10.6. The number of nitrogens with one attached hydrogen (secondary N) is 1. The number of hydrogen-bond acceptors (Lipinski definition) is 5. The molecule has 2 aromatic rings. The molecule has 0 unspecified atom stereocenters. The van der Waals surface area contributed by atoms with Crippen molar-refractivity contribution >= 4 is 45.6 Å². The van der Waals surface area contributed by atoms with Crippen LogP contribution >= 0.6 is 24.0 Å². The Morgan fingerprint density at radius 1 is 1.03 bits per heavy atom. The number of para-hydroxylation sites is 1. The number of ether oxygens (including phenoxy) is 1. The maximum Gasteiger partial charge on any atom is 0.573 e. The molecular formula is C20H20F3N3O2S2. The van der Waals surface area contributed by atoms with E-state index in [4.69, 9.17) is 12.2 Å². The SMILES string of the molecule is O=C(CSC(=S)N1CCN(c2ccccc2)CC1)Nc1ccc(OC(F)(F)F)cc1. The lowest BCUT2D eigenvalue weighted by molar-refractivity contribution is -0.274. The number of carbonyl (C=O) groups is 1. The Bertz CT molecular complexity index is 856. The molecule has 3 rings (SSSR count). The molecule has 10 heteroatoms. The van der Waals surface area contributed by atoms with Gasteiger partial charge in [-0.15, -0.1) is 13.2 Å². The Morgan fingerprint density at radius 2 is 1.67 bits per heavy atom. The fraction of sp³-hybridized carbons (Fsp3) is 0.300. The summed E-state index contributed by atoms with van der Waals surface area (Å²) >= 11 is 6.72. The van der Waals surface area contributed by atoms with Gasteiger partial charge in [-0.1, -0.05) is 42.2 Å². The molecule has 0 aliphatic carbocycles. The van der Waals surface area contributed by atoms with Crippen LogP contribution < -0.4 is 15.0 Å². The van der Waals surface area contributed by atoms with Crippen molar-refractivity contribution in [3.05, 3.63) is 54.6 Å². The second-order valence-corrected chi connectivity index (χ2v) is 8.09. The summed E-state index contributed by atoms with van der Waals surface area (Å²) in [7, 11) is 0. The summed E-state index contributed by atoms with van der Waals surface area (Å²) in [4.78, 5) is 16.5. The number of benzene rings is 2. The molecule has 0 atom stereocenters. The minimum absolute atomic E-state index is 0.124. The van der Waals surface area contributed by atoms with Gasteiger partial charge in [0.05, 0.1) is 5.75 Å². The van der Waals surface area contributed by atoms with Crippen molar-refractivity contribution in [1.82, 2.24) is 4.90 Å². The fourth-order valence-electron chi connectivity index (χ4n) is 2.94. The molecule has 0 bridgehead atoms. The largest absolute Gasteiger partial charge is 0.573 e. The van der Waals surface area contributed by atoms with Gasteiger partial charge in [0, 0.05) is 37.6 Å². The molecule has 160 valence electrons. The average molecular weight is 456 g/mol. The normalized spacial score (nSPS) is 14.4. The number of thioether (sulfide) groups is 1. The summed E-state index contributed by atoms with van der Waals surface area (Å²) < 4.78 is 41.0. The summed E-state index contributed by atoms with van der Waals surface area (Å²) in [5.74, 6) is -0.501. The summed E-state index contributed by atoms with van der Waals surface area (Å²) in [5.41, 5.74) is 1.57. The summed E-state index contributed by atoms with van der Waals surface area (Å²) in [6.07, 6.45) is -4.75. The van der Waals surface area contributed by atoms with Gasteiger partial charge in [0.25, 0.3) is 0 Å². The van der Waals surface area contributed by atoms with Crippen molar-refractivity contribution < 1.29 is 22.7 Å². The van der Waals surface area contributed by atoms with Gasteiger partial charge in [0.15, 0.2) is 0 Å². The highest BCUT2D eigenvalue weighted by Crippen LogP contribution is 2.24. The number of hydrogen-bond donors (Lipinski definition) is 1. The van der Waals surface area contributed by atoms with Crippen molar-refractivity contribution in [2.24, 2.45) is 0 Å². The topological polar surface area (TPSA) is 44.8 Å². The predicted molar refractivity (Wildman–Crippen MR) is 117 cm³/mol. The highest BCUT2D eigenvalue weighted by Gasteiger charge is 2.31. The van der Waals surface area contributed by atoms with Gasteiger partial charge in [-0.25, -0.2) is 0 Å². The number of halogens is 3. The van der Waals surface area contributed by atoms with E-state index in [9.17, 15) is 18.0 Å². The van der Waals surface area contributed by atoms with E-state index >= 15 is 0 Å². The standard InChI is InChI=1S/C20H20F3N3O2S2/c21-20(22,23)28-17-8-6-15(7-9-17)24-18(27)14-30-19(29)26-12-10-25(11-13-26)16-4-2-1-3-5-16/h1-9H,10-14H2,(H,24,27). The molecule has 1 fully saturated rings. The molecular weight excluding hydrogens is 435 g/mol. The average Bonchev–Trinajstić information content (AvgIpc) is 2.73. The zero-order chi connectivity index (χ0) is 21.6. The number of anilines is 2. The summed E-state index contributed by atoms with van der Waals surface area (Å²) in [6, 6.07) is 15.2. The molecule has 1 heterocycles. The third kappa shape index (κ3) is 6.81. The lowest BCUT2D eigenvalue weighted by Gasteiger charge is -2.37. The van der Waals surface area contributed by atoms with E-state index < -0.39 is 6.36 Å². The van der Waals surface area contributed by atoms with Crippen LogP contribution in [0.25, 0.3) is 0 Å². The molecule has 0 aromatic heterocycles. The maximum absolute atomic E-state index is 12.2. The zero-order valence-corrected chi connectivity index (χ0v) is 17.5. The summed E-state index contributed by atoms with van der Waals surface area (Å²) in [5, 5.41) is 2.64. The van der Waals surface area contributed by atoms with Crippen molar-refractivity contribution in [2.45, 2.75) is 6.36 Å². The van der Waals surface area contributed by atoms with Gasteiger partial charge in [-0.3, -0.25) is 4.79 Å². The van der Waals surface area contributed by atoms with Gasteiger partial charge in [-0.05, 0) is 36.4 Å². The van der Waals surface area contributed by atoms with Crippen LogP contribution in [-0.2, 0) is 4.79 Å². The quantitative estimate of drug-likeness (QED) is 0.676. The highest BCUT2D eigenvalue weighted by atomic mass is 32.2. The zero-order valence-electron chi connectivity index (χ0n) is 15.9. The molecule has 30 heavy (non-hydrogen) atoms. The van der Waals surface area contributed by atoms with E-state index in [0.717, 1.165) is 38.3 Å². The highest BCUT2D eigenvalue weighted by molar-refractivity contribution is 8.23. The van der Waals surface area contributed by atoms with Crippen LogP contribution in [-0.4, -0.2) is 53.4 Å². The summed E-state index contributed by atoms with van der Waals surface area (Å²) in [6.45, 7) is 3.26. The van der Waals surface area contributed by atoms with Crippen LogP contribution in [0.3, 0.4) is 0 Å². The third-order valence-corrected chi connectivity index (χ3v) is 5.88. The van der Waals surface area contributed by atoms with Gasteiger partial charge >= 0.3 is 6.36 Å². The second kappa shape index (κ2) is 10.0. The number of alkyl halides is 3. The molecule has 0 saturated carbocycles. The Morgan fingerprint density at radius 3 is 2.27 bits per heavy atom. The number of nitrogens with zero attached hydrogens (tertiary/aromatic N) is 2. The van der Waals surface area contributed by atoms with Gasteiger partial charge in [-0.2, -0.15) is 0 Å². The molecule has 2 aromatic carbocycles. The Kier molecular flexibility index (Phi) is 7.43. The van der Waals surface area contributed by atoms with Crippen molar-refractivity contribution in [3.8, 4) is 5.75 Å². The predicted octanol–water partition coefficient (Wildman–Crippen LogP) is 4.36. The minimum atomic E-state index is -4.75. The molecule has 5 nitrogen and oxygen atoms in total. The Balaban J connectivity index is 1.40. The van der Waals surface area contributed by atoms with E-state index in [1.165, 1.54) is 29.6 Å². The number of carbonyl (C=O) groups excluding carboxylic acids is 1. The molecule has 0 spiro atoms. The molecule has 1 N–H and O–H groups in total. The number of thiocarbonyl (C=S) groups is 1. The molecule has 1 saturated heterocycles. The lowest BCUT2D eigenvalue weighted by Crippen LogP contribution is -2.47. The Hall–Kier alpha value is -2.46. The van der Waals surface area contributed by atoms with Gasteiger partial charge in [0.1, 0.15) is 10.1 Å². The first-order valence-electron chi connectivity index (χ1n) is 9.17. The second-order valence-electron chi connectivity index (χ2n) is 6.48. The Labute approximate surface area is 182 Å². The van der Waals surface area contributed by atoms with E-state index in [1.807, 2.05) is 18.2 Å². The van der Waals surface area contributed by atoms with Gasteiger partial charge in [0.2, 0.25) is 5.91 Å². The van der Waals surface area contributed by atoms with E-state index in [-0.39, 0.29) is 17.4 Å². The molecule has 0 radical (unpaired) electrons. The van der Waals surface area contributed by atoms with E-state index in [1.54, 1.807) is 0 Å². The third-order valence-electron chi connectivity index (χ3n) is 4.36. The first kappa shape index (κ1) is 22.2. The maximum atomic E-state index is 12.2. The minimum Gasteiger partial charge on any atom is -0.406 e. The number of rotatable bonds is 5. The van der Waals surface area contributed by atoms with E-state index in [0.29, 0.717) is 10.0 Å². The van der Waals surface area contributed by atoms with Crippen molar-refractivity contribution in [2.75, 3.05) is 42.1 Å². The lowest BCUT2D eigenvalue weighted by atomic mass is 10.2. The number of piperazine rings is 1. The van der Waals surface area contributed by atoms with Crippen molar-refractivity contribution in [3.63, 3.8) is 0 Å². The number of amides is 1. The van der Waals surface area contributed by atoms with Crippen LogP contribution in [0.2, 0.25) is 0 Å². The van der Waals surface area contributed by atoms with Crippen LogP contribution in [0.15, 0.2) is 54.6 Å². The van der Waals surface area contributed by atoms with Crippen LogP contribution in [0, 0.1) is 0 Å². The monoisotopic (exact) mass is 455 g/mol. The van der Waals surface area contributed by atoms with Crippen LogP contribution in [0.1, 0.15) is 0 Å². The smallest absolute Gasteiger partial charge is 0.406 e. The van der Waals surface area contributed by atoms with Crippen LogP contribution in [0.4, 0.5) is 24.5 Å². The fourth-order valence-corrected chi connectivity index (χ4v) is 3.99. The van der Waals surface area contributed by atoms with E-state index in [2.05, 4.69) is 32.0 Å². The van der Waals surface area contributed by atoms with Crippen LogP contribution in [0.5, 0.6) is 5.75 Å². The molecule has 1 amide bonds. The molecule has 1 aliphatic rings. The molecule has 1 aliphatic heterocycles.